The van der Waals surface area contributed by atoms with Gasteiger partial charge in [0.15, 0.2) is 0 Å². The molecule has 1 atom stereocenters. The Morgan fingerprint density at radius 1 is 0.926 bits per heavy atom. The van der Waals surface area contributed by atoms with E-state index in [2.05, 4.69) is 39.1 Å². The number of hydrogen-bond acceptors (Lipinski definition) is 3. The molecule has 1 aromatic carbocycles. The summed E-state index contributed by atoms with van der Waals surface area (Å²) in [6, 6.07) is 15.6. The van der Waals surface area contributed by atoms with E-state index >= 15 is 0 Å². The molecular formula is C23H24FN3. The van der Waals surface area contributed by atoms with Crippen LogP contribution in [0.3, 0.4) is 0 Å². The molecular weight excluding hydrogens is 337 g/mol. The molecule has 1 saturated heterocycles. The normalized spacial score (nSPS) is 17.7. The van der Waals surface area contributed by atoms with Gasteiger partial charge in [0.1, 0.15) is 5.82 Å². The van der Waals surface area contributed by atoms with Crippen molar-refractivity contribution < 1.29 is 4.39 Å². The van der Waals surface area contributed by atoms with Crippen molar-refractivity contribution in [2.24, 2.45) is 0 Å². The topological polar surface area (TPSA) is 29.0 Å². The van der Waals surface area contributed by atoms with E-state index in [4.69, 9.17) is 0 Å². The van der Waals surface area contributed by atoms with Crippen LogP contribution in [0.25, 0.3) is 0 Å². The van der Waals surface area contributed by atoms with Gasteiger partial charge in [-0.25, -0.2) is 4.39 Å². The minimum atomic E-state index is -0.200. The van der Waals surface area contributed by atoms with E-state index in [9.17, 15) is 4.39 Å². The van der Waals surface area contributed by atoms with Crippen LogP contribution in [0, 0.1) is 5.82 Å². The van der Waals surface area contributed by atoms with Gasteiger partial charge in [-0.2, -0.15) is 0 Å². The molecule has 3 nitrogen and oxygen atoms in total. The quantitative estimate of drug-likeness (QED) is 0.645. The molecule has 1 fully saturated rings. The van der Waals surface area contributed by atoms with Gasteiger partial charge in [-0.1, -0.05) is 24.6 Å². The average molecular weight is 361 g/mol. The molecule has 27 heavy (non-hydrogen) atoms. The third kappa shape index (κ3) is 4.58. The van der Waals surface area contributed by atoms with Gasteiger partial charge in [0.2, 0.25) is 0 Å². The van der Waals surface area contributed by atoms with Gasteiger partial charge < -0.3 is 0 Å². The zero-order valence-corrected chi connectivity index (χ0v) is 15.4. The van der Waals surface area contributed by atoms with Crippen molar-refractivity contribution in [2.45, 2.75) is 38.3 Å². The van der Waals surface area contributed by atoms with Crippen LogP contribution in [0.1, 0.15) is 47.7 Å². The maximum absolute atomic E-state index is 13.1. The number of rotatable bonds is 5. The van der Waals surface area contributed by atoms with Crippen LogP contribution in [0.5, 0.6) is 0 Å². The van der Waals surface area contributed by atoms with E-state index in [0.717, 1.165) is 30.8 Å². The van der Waals surface area contributed by atoms with Gasteiger partial charge in [0.05, 0.1) is 0 Å². The van der Waals surface area contributed by atoms with Crippen LogP contribution >= 0.6 is 0 Å². The SMILES string of the molecule is Fc1ccc(Cc2ccc([C@@H]3CCCCN3Cc3ccncc3)cn2)cc1. The first-order valence-corrected chi connectivity index (χ1v) is 9.60. The largest absolute Gasteiger partial charge is 0.292 e. The Hall–Kier alpha value is -2.59. The number of piperidine rings is 1. The molecule has 0 spiro atoms. The number of nitrogens with zero attached hydrogens (tertiary/aromatic N) is 3. The number of benzene rings is 1. The Morgan fingerprint density at radius 2 is 1.74 bits per heavy atom. The molecule has 4 rings (SSSR count). The zero-order valence-electron chi connectivity index (χ0n) is 15.4. The summed E-state index contributed by atoms with van der Waals surface area (Å²) < 4.78 is 13.1. The van der Waals surface area contributed by atoms with E-state index in [-0.39, 0.29) is 5.82 Å². The van der Waals surface area contributed by atoms with Crippen LogP contribution in [-0.2, 0) is 13.0 Å². The highest BCUT2D eigenvalue weighted by Crippen LogP contribution is 2.31. The number of likely N-dealkylation sites (tertiary alicyclic amines) is 1. The predicted molar refractivity (Wildman–Crippen MR) is 105 cm³/mol. The third-order valence-electron chi connectivity index (χ3n) is 5.28. The highest BCUT2D eigenvalue weighted by atomic mass is 19.1. The van der Waals surface area contributed by atoms with Crippen LogP contribution in [0.2, 0.25) is 0 Å². The second-order valence-corrected chi connectivity index (χ2v) is 7.22. The van der Waals surface area contributed by atoms with Gasteiger partial charge in [0.25, 0.3) is 0 Å². The first kappa shape index (κ1) is 17.8. The van der Waals surface area contributed by atoms with E-state index in [1.54, 1.807) is 0 Å². The number of pyridine rings is 2. The molecule has 1 aliphatic rings. The Labute approximate surface area is 159 Å². The lowest BCUT2D eigenvalue weighted by Crippen LogP contribution is -2.33. The summed E-state index contributed by atoms with van der Waals surface area (Å²) in [4.78, 5) is 11.3. The summed E-state index contributed by atoms with van der Waals surface area (Å²) >= 11 is 0. The van der Waals surface area contributed by atoms with Crippen molar-refractivity contribution >= 4 is 0 Å². The second kappa shape index (κ2) is 8.40. The van der Waals surface area contributed by atoms with Crippen LogP contribution in [0.15, 0.2) is 67.1 Å². The zero-order chi connectivity index (χ0) is 18.5. The van der Waals surface area contributed by atoms with Gasteiger partial charge in [0, 0.05) is 43.3 Å². The minimum absolute atomic E-state index is 0.200. The predicted octanol–water partition coefficient (Wildman–Crippen LogP) is 4.93. The van der Waals surface area contributed by atoms with Gasteiger partial charge >= 0.3 is 0 Å². The minimum Gasteiger partial charge on any atom is -0.292 e. The molecule has 0 bridgehead atoms. The van der Waals surface area contributed by atoms with E-state index < -0.39 is 0 Å². The molecule has 0 unspecified atom stereocenters. The molecule has 4 heteroatoms. The van der Waals surface area contributed by atoms with E-state index in [0.29, 0.717) is 6.04 Å². The molecule has 0 N–H and O–H groups in total. The third-order valence-corrected chi connectivity index (χ3v) is 5.28. The Bertz CT molecular complexity index is 847. The number of hydrogen-bond donors (Lipinski definition) is 0. The molecule has 1 aliphatic heterocycles. The maximum atomic E-state index is 13.1. The molecule has 0 radical (unpaired) electrons. The van der Waals surface area contributed by atoms with Crippen LogP contribution in [0.4, 0.5) is 4.39 Å². The van der Waals surface area contributed by atoms with Crippen molar-refractivity contribution in [3.05, 3.63) is 95.3 Å². The lowest BCUT2D eigenvalue weighted by atomic mass is 9.95. The molecule has 0 aliphatic carbocycles. The van der Waals surface area contributed by atoms with Crippen LogP contribution in [-0.4, -0.2) is 21.4 Å². The summed E-state index contributed by atoms with van der Waals surface area (Å²) in [6.07, 6.45) is 10.1. The van der Waals surface area contributed by atoms with Crippen molar-refractivity contribution in [1.29, 1.82) is 0 Å². The number of halogens is 1. The summed E-state index contributed by atoms with van der Waals surface area (Å²) in [7, 11) is 0. The second-order valence-electron chi connectivity index (χ2n) is 7.22. The number of aromatic nitrogens is 2. The first-order chi connectivity index (χ1) is 13.3. The maximum Gasteiger partial charge on any atom is 0.123 e. The van der Waals surface area contributed by atoms with Gasteiger partial charge in [-0.3, -0.25) is 14.9 Å². The van der Waals surface area contributed by atoms with E-state index in [1.165, 1.54) is 42.5 Å². The highest BCUT2D eigenvalue weighted by molar-refractivity contribution is 5.25. The molecule has 3 heterocycles. The first-order valence-electron chi connectivity index (χ1n) is 9.60. The van der Waals surface area contributed by atoms with Crippen molar-refractivity contribution in [3.63, 3.8) is 0 Å². The summed E-state index contributed by atoms with van der Waals surface area (Å²) in [5.74, 6) is -0.200. The van der Waals surface area contributed by atoms with Gasteiger partial charge in [-0.05, 0) is 66.4 Å². The fraction of sp³-hybridized carbons (Fsp3) is 0.304. The summed E-state index contributed by atoms with van der Waals surface area (Å²) in [6.45, 7) is 2.06. The molecule has 3 aromatic rings. The van der Waals surface area contributed by atoms with Crippen molar-refractivity contribution in [3.8, 4) is 0 Å². The van der Waals surface area contributed by atoms with Crippen LogP contribution < -0.4 is 0 Å². The Balaban J connectivity index is 1.46. The fourth-order valence-electron chi connectivity index (χ4n) is 3.83. The lowest BCUT2D eigenvalue weighted by molar-refractivity contribution is 0.140. The lowest BCUT2D eigenvalue weighted by Gasteiger charge is -2.36. The molecule has 0 saturated carbocycles. The Morgan fingerprint density at radius 3 is 2.48 bits per heavy atom. The van der Waals surface area contributed by atoms with Crippen molar-refractivity contribution in [1.82, 2.24) is 14.9 Å². The smallest absolute Gasteiger partial charge is 0.123 e. The standard InChI is InChI=1S/C23H24FN3/c24-21-7-4-18(5-8-21)15-22-9-6-20(16-26-22)23-3-1-2-14-27(23)17-19-10-12-25-13-11-19/h4-13,16,23H,1-3,14-15,17H2/t23-/m0/s1. The highest BCUT2D eigenvalue weighted by Gasteiger charge is 2.24. The summed E-state index contributed by atoms with van der Waals surface area (Å²) in [5.41, 5.74) is 4.68. The fourth-order valence-corrected chi connectivity index (χ4v) is 3.83. The molecule has 0 amide bonds. The van der Waals surface area contributed by atoms with Crippen molar-refractivity contribution in [2.75, 3.05) is 6.54 Å². The summed E-state index contributed by atoms with van der Waals surface area (Å²) in [5, 5.41) is 0. The Kier molecular flexibility index (Phi) is 5.54. The molecule has 2 aromatic heterocycles. The van der Waals surface area contributed by atoms with E-state index in [1.807, 2.05) is 30.7 Å². The monoisotopic (exact) mass is 361 g/mol. The average Bonchev–Trinajstić information content (AvgIpc) is 2.72. The molecule has 138 valence electrons. The van der Waals surface area contributed by atoms with Gasteiger partial charge in [-0.15, -0.1) is 0 Å².